The third kappa shape index (κ3) is 5.82. The van der Waals surface area contributed by atoms with Gasteiger partial charge in [-0.15, -0.1) is 0 Å². The molecule has 0 saturated heterocycles. The summed E-state index contributed by atoms with van der Waals surface area (Å²) >= 11 is 0. The summed E-state index contributed by atoms with van der Waals surface area (Å²) in [7, 11) is 0. The van der Waals surface area contributed by atoms with Gasteiger partial charge in [0.2, 0.25) is 0 Å². The summed E-state index contributed by atoms with van der Waals surface area (Å²) in [4.78, 5) is 47.3. The Hall–Kier alpha value is -2.12. The van der Waals surface area contributed by atoms with Gasteiger partial charge < -0.3 is 20.3 Å². The molecule has 1 fully saturated rings. The van der Waals surface area contributed by atoms with Crippen molar-refractivity contribution >= 4 is 23.8 Å². The number of hydrogen-bond acceptors (Lipinski definition) is 5. The van der Waals surface area contributed by atoms with Crippen LogP contribution in [0.1, 0.15) is 52.9 Å². The lowest BCUT2D eigenvalue weighted by molar-refractivity contribution is -0.156. The van der Waals surface area contributed by atoms with Crippen LogP contribution in [0.4, 0.5) is 4.79 Å². The molecule has 8 nitrogen and oxygen atoms in total. The van der Waals surface area contributed by atoms with E-state index in [1.807, 2.05) is 5.32 Å². The van der Waals surface area contributed by atoms with Crippen molar-refractivity contribution in [3.8, 4) is 0 Å². The topological polar surface area (TPSA) is 130 Å². The normalized spacial score (nSPS) is 18.3. The number of rotatable bonds is 6. The second-order valence-corrected chi connectivity index (χ2v) is 7.02. The Morgan fingerprint density at radius 1 is 1.00 bits per heavy atom. The SMILES string of the molecule is CC(C)(C)OC(=O)N[C@H](C(=O)O)C(C(=O)O)C(=O)C1CCCCC1. The van der Waals surface area contributed by atoms with Gasteiger partial charge in [-0.3, -0.25) is 9.59 Å². The molecular weight excluding hydrogens is 318 g/mol. The van der Waals surface area contributed by atoms with Gasteiger partial charge >= 0.3 is 18.0 Å². The van der Waals surface area contributed by atoms with E-state index < -0.39 is 47.3 Å². The number of carboxylic acid groups (broad SMARTS) is 2. The highest BCUT2D eigenvalue weighted by Crippen LogP contribution is 2.28. The molecule has 0 aromatic carbocycles. The molecule has 136 valence electrons. The number of ketones is 1. The molecule has 0 bridgehead atoms. The Kier molecular flexibility index (Phi) is 6.74. The molecule has 1 aliphatic rings. The van der Waals surface area contributed by atoms with Gasteiger partial charge in [0.25, 0.3) is 0 Å². The number of hydrogen-bond donors (Lipinski definition) is 3. The maximum atomic E-state index is 12.5. The average molecular weight is 343 g/mol. The first-order valence-electron chi connectivity index (χ1n) is 8.02. The molecule has 0 aromatic heterocycles. The van der Waals surface area contributed by atoms with Crippen LogP contribution in [0.5, 0.6) is 0 Å². The minimum Gasteiger partial charge on any atom is -0.481 e. The molecule has 1 saturated carbocycles. The van der Waals surface area contributed by atoms with Gasteiger partial charge in [-0.25, -0.2) is 9.59 Å². The van der Waals surface area contributed by atoms with Crippen LogP contribution in [0.25, 0.3) is 0 Å². The van der Waals surface area contributed by atoms with Crippen molar-refractivity contribution in [3.05, 3.63) is 0 Å². The Morgan fingerprint density at radius 2 is 1.54 bits per heavy atom. The lowest BCUT2D eigenvalue weighted by Gasteiger charge is -2.27. The number of ether oxygens (including phenoxy) is 1. The van der Waals surface area contributed by atoms with Crippen LogP contribution in [-0.2, 0) is 19.1 Å². The summed E-state index contributed by atoms with van der Waals surface area (Å²) < 4.78 is 4.96. The van der Waals surface area contributed by atoms with Crippen molar-refractivity contribution in [1.29, 1.82) is 0 Å². The molecular formula is C16H25NO7. The van der Waals surface area contributed by atoms with Crippen molar-refractivity contribution in [2.45, 2.75) is 64.5 Å². The number of alkyl carbamates (subject to hydrolysis) is 1. The van der Waals surface area contributed by atoms with E-state index in [-0.39, 0.29) is 0 Å². The highest BCUT2D eigenvalue weighted by Gasteiger charge is 2.43. The predicted molar refractivity (Wildman–Crippen MR) is 83.5 cm³/mol. The number of Topliss-reactive ketones (excluding diaryl/α,β-unsaturated/α-hetero) is 1. The zero-order chi connectivity index (χ0) is 18.5. The lowest BCUT2D eigenvalue weighted by Crippen LogP contribution is -2.53. The van der Waals surface area contributed by atoms with E-state index in [4.69, 9.17) is 4.74 Å². The van der Waals surface area contributed by atoms with Crippen molar-refractivity contribution in [2.75, 3.05) is 0 Å². The number of amides is 1. The maximum Gasteiger partial charge on any atom is 0.408 e. The van der Waals surface area contributed by atoms with Crippen molar-refractivity contribution in [3.63, 3.8) is 0 Å². The van der Waals surface area contributed by atoms with Crippen LogP contribution >= 0.6 is 0 Å². The average Bonchev–Trinajstić information content (AvgIpc) is 2.44. The van der Waals surface area contributed by atoms with Gasteiger partial charge in [0.15, 0.2) is 5.78 Å². The van der Waals surface area contributed by atoms with Gasteiger partial charge in [-0.2, -0.15) is 0 Å². The number of nitrogens with one attached hydrogen (secondary N) is 1. The standard InChI is InChI=1S/C16H25NO7/c1-16(2,3)24-15(23)17-11(14(21)22)10(13(19)20)12(18)9-7-5-4-6-8-9/h9-11H,4-8H2,1-3H3,(H,17,23)(H,19,20)(H,21,22)/t10?,11-/m0/s1. The molecule has 1 amide bonds. The Labute approximate surface area is 140 Å². The summed E-state index contributed by atoms with van der Waals surface area (Å²) in [6.07, 6.45) is 2.60. The molecule has 3 N–H and O–H groups in total. The fourth-order valence-corrected chi connectivity index (χ4v) is 2.79. The summed E-state index contributed by atoms with van der Waals surface area (Å²) in [6, 6.07) is -1.87. The van der Waals surface area contributed by atoms with Gasteiger partial charge in [0.05, 0.1) is 0 Å². The molecule has 0 radical (unpaired) electrons. The first-order valence-corrected chi connectivity index (χ1v) is 8.02. The van der Waals surface area contributed by atoms with E-state index in [1.165, 1.54) is 0 Å². The second-order valence-electron chi connectivity index (χ2n) is 7.02. The van der Waals surface area contributed by atoms with Gasteiger partial charge in [-0.05, 0) is 33.6 Å². The predicted octanol–water partition coefficient (Wildman–Crippen LogP) is 1.81. The van der Waals surface area contributed by atoms with Crippen LogP contribution in [0.15, 0.2) is 0 Å². The summed E-state index contributed by atoms with van der Waals surface area (Å²) in [5.41, 5.74) is -0.876. The maximum absolute atomic E-state index is 12.5. The molecule has 2 atom stereocenters. The van der Waals surface area contributed by atoms with Crippen LogP contribution < -0.4 is 5.32 Å². The molecule has 1 rings (SSSR count). The zero-order valence-electron chi connectivity index (χ0n) is 14.2. The smallest absolute Gasteiger partial charge is 0.408 e. The molecule has 0 spiro atoms. The first kappa shape index (κ1) is 19.9. The number of carboxylic acids is 2. The molecule has 1 unspecified atom stereocenters. The Bertz CT molecular complexity index is 503. The monoisotopic (exact) mass is 343 g/mol. The number of aliphatic carboxylic acids is 2. The van der Waals surface area contributed by atoms with E-state index >= 15 is 0 Å². The Balaban J connectivity index is 2.94. The summed E-state index contributed by atoms with van der Waals surface area (Å²) in [5.74, 6) is -6.11. The summed E-state index contributed by atoms with van der Waals surface area (Å²) in [6.45, 7) is 4.76. The summed E-state index contributed by atoms with van der Waals surface area (Å²) in [5, 5.41) is 20.7. The van der Waals surface area contributed by atoms with E-state index in [0.29, 0.717) is 12.8 Å². The molecule has 0 heterocycles. The number of carbonyl (C=O) groups is 4. The van der Waals surface area contributed by atoms with E-state index in [9.17, 15) is 29.4 Å². The van der Waals surface area contributed by atoms with Crippen LogP contribution in [-0.4, -0.2) is 45.7 Å². The molecule has 24 heavy (non-hydrogen) atoms. The molecule has 1 aliphatic carbocycles. The minimum atomic E-state index is -1.87. The number of carbonyl (C=O) groups excluding carboxylic acids is 2. The zero-order valence-corrected chi connectivity index (χ0v) is 14.2. The van der Waals surface area contributed by atoms with Gasteiger partial charge in [-0.1, -0.05) is 19.3 Å². The van der Waals surface area contributed by atoms with E-state index in [2.05, 4.69) is 0 Å². The van der Waals surface area contributed by atoms with E-state index in [1.54, 1.807) is 20.8 Å². The molecule has 0 aromatic rings. The van der Waals surface area contributed by atoms with Crippen LogP contribution in [0.3, 0.4) is 0 Å². The largest absolute Gasteiger partial charge is 0.481 e. The highest BCUT2D eigenvalue weighted by atomic mass is 16.6. The molecule has 0 aliphatic heterocycles. The van der Waals surface area contributed by atoms with Crippen LogP contribution in [0, 0.1) is 11.8 Å². The third-order valence-corrected chi connectivity index (χ3v) is 3.85. The van der Waals surface area contributed by atoms with Crippen molar-refractivity contribution < 1.29 is 34.1 Å². The van der Waals surface area contributed by atoms with Gasteiger partial charge in [0, 0.05) is 5.92 Å². The molecule has 8 heteroatoms. The van der Waals surface area contributed by atoms with Crippen molar-refractivity contribution in [2.24, 2.45) is 11.8 Å². The second kappa shape index (κ2) is 8.12. The lowest BCUT2D eigenvalue weighted by atomic mass is 9.79. The first-order chi connectivity index (χ1) is 11.0. The third-order valence-electron chi connectivity index (χ3n) is 3.85. The Morgan fingerprint density at radius 3 is 1.96 bits per heavy atom. The van der Waals surface area contributed by atoms with Gasteiger partial charge in [0.1, 0.15) is 17.6 Å². The fourth-order valence-electron chi connectivity index (χ4n) is 2.79. The van der Waals surface area contributed by atoms with E-state index in [0.717, 1.165) is 19.3 Å². The highest BCUT2D eigenvalue weighted by molar-refractivity contribution is 6.04. The quantitative estimate of drug-likeness (QED) is 0.627. The van der Waals surface area contributed by atoms with Crippen LogP contribution in [0.2, 0.25) is 0 Å². The minimum absolute atomic E-state index is 0.484. The van der Waals surface area contributed by atoms with Crippen molar-refractivity contribution in [1.82, 2.24) is 5.32 Å². The fraction of sp³-hybridized carbons (Fsp3) is 0.750.